The number of hydrogen-bond donors (Lipinski definition) is 2. The topological polar surface area (TPSA) is 72.9 Å². The highest BCUT2D eigenvalue weighted by Crippen LogP contribution is 2.23. The van der Waals surface area contributed by atoms with Gasteiger partial charge in [-0.2, -0.15) is 0 Å². The van der Waals surface area contributed by atoms with Gasteiger partial charge in [0, 0.05) is 23.5 Å². The molecule has 1 saturated heterocycles. The molecule has 0 aliphatic carbocycles. The molecule has 2 heterocycles. The van der Waals surface area contributed by atoms with Crippen LogP contribution < -0.4 is 11.1 Å². The third kappa shape index (κ3) is 1.96. The summed E-state index contributed by atoms with van der Waals surface area (Å²) in [4.78, 5) is 15.5. The van der Waals surface area contributed by atoms with Gasteiger partial charge in [-0.25, -0.2) is 4.98 Å². The fourth-order valence-electron chi connectivity index (χ4n) is 2.35. The summed E-state index contributed by atoms with van der Waals surface area (Å²) in [6.45, 7) is 0.676. The number of nitrogens with two attached hydrogens (primary N) is 1. The van der Waals surface area contributed by atoms with Crippen LogP contribution in [-0.4, -0.2) is 21.5 Å². The van der Waals surface area contributed by atoms with Gasteiger partial charge in [-0.3, -0.25) is 4.79 Å². The Morgan fingerprint density at radius 1 is 1.56 bits per heavy atom. The zero-order valence-corrected chi connectivity index (χ0v) is 11.3. The number of rotatable bonds is 2. The number of benzene rings is 1. The number of carbonyl (C=O) groups is 1. The highest BCUT2D eigenvalue weighted by Gasteiger charge is 2.22. The maximum Gasteiger partial charge on any atom is 0.220 e. The first-order valence-corrected chi connectivity index (χ1v) is 6.63. The summed E-state index contributed by atoms with van der Waals surface area (Å²) in [5, 5.41) is 2.94. The normalized spacial score (nSPS) is 19.4. The monoisotopic (exact) mass is 308 g/mol. The van der Waals surface area contributed by atoms with E-state index in [1.807, 2.05) is 22.8 Å². The van der Waals surface area contributed by atoms with Gasteiger partial charge in [-0.15, -0.1) is 0 Å². The zero-order chi connectivity index (χ0) is 12.7. The van der Waals surface area contributed by atoms with Crippen LogP contribution in [-0.2, 0) is 11.3 Å². The van der Waals surface area contributed by atoms with E-state index in [1.54, 1.807) is 0 Å². The van der Waals surface area contributed by atoms with Gasteiger partial charge >= 0.3 is 0 Å². The smallest absolute Gasteiger partial charge is 0.220 e. The second-order valence-corrected chi connectivity index (χ2v) is 5.43. The summed E-state index contributed by atoms with van der Waals surface area (Å²) in [5.41, 5.74) is 7.80. The minimum Gasteiger partial charge on any atom is -0.369 e. The number of aromatic nitrogens is 2. The van der Waals surface area contributed by atoms with Gasteiger partial charge < -0.3 is 15.6 Å². The van der Waals surface area contributed by atoms with Crippen LogP contribution in [0.15, 0.2) is 22.7 Å². The molecule has 6 heteroatoms. The summed E-state index contributed by atoms with van der Waals surface area (Å²) in [7, 11) is 0. The fourth-order valence-corrected chi connectivity index (χ4v) is 2.70. The van der Waals surface area contributed by atoms with Crippen molar-refractivity contribution in [2.24, 2.45) is 0 Å². The third-order valence-electron chi connectivity index (χ3n) is 3.23. The number of hydrogen-bond acceptors (Lipinski definition) is 3. The van der Waals surface area contributed by atoms with Gasteiger partial charge in [-0.1, -0.05) is 15.9 Å². The van der Waals surface area contributed by atoms with E-state index < -0.39 is 0 Å². The largest absolute Gasteiger partial charge is 0.369 e. The van der Waals surface area contributed by atoms with Crippen LogP contribution in [0, 0.1) is 0 Å². The predicted molar refractivity (Wildman–Crippen MR) is 73.0 cm³/mol. The van der Waals surface area contributed by atoms with Gasteiger partial charge in [0.05, 0.1) is 11.0 Å². The lowest BCUT2D eigenvalue weighted by Crippen LogP contribution is -2.29. The molecule has 1 aromatic carbocycles. The summed E-state index contributed by atoms with van der Waals surface area (Å²) in [6, 6.07) is 6.04. The van der Waals surface area contributed by atoms with Gasteiger partial charge in [0.25, 0.3) is 0 Å². The number of nitrogens with one attached hydrogen (secondary N) is 1. The highest BCUT2D eigenvalue weighted by molar-refractivity contribution is 9.10. The lowest BCUT2D eigenvalue weighted by atomic mass is 10.2. The molecule has 3 N–H and O–H groups in total. The molecule has 94 valence electrons. The fraction of sp³-hybridized carbons (Fsp3) is 0.333. The van der Waals surface area contributed by atoms with Crippen LogP contribution >= 0.6 is 15.9 Å². The van der Waals surface area contributed by atoms with Crippen molar-refractivity contribution in [1.29, 1.82) is 0 Å². The molecule has 1 aromatic heterocycles. The van der Waals surface area contributed by atoms with Gasteiger partial charge in [0.2, 0.25) is 11.9 Å². The molecule has 0 spiro atoms. The number of halogens is 1. The average molecular weight is 309 g/mol. The van der Waals surface area contributed by atoms with Crippen molar-refractivity contribution in [2.75, 3.05) is 5.73 Å². The van der Waals surface area contributed by atoms with Crippen molar-refractivity contribution in [3.63, 3.8) is 0 Å². The highest BCUT2D eigenvalue weighted by atomic mass is 79.9. The SMILES string of the molecule is Nc1nc2cc(Br)ccc2n1CC1CCC(=O)N1. The van der Waals surface area contributed by atoms with Crippen LogP contribution in [0.1, 0.15) is 12.8 Å². The van der Waals surface area contributed by atoms with E-state index in [4.69, 9.17) is 5.73 Å². The summed E-state index contributed by atoms with van der Waals surface area (Å²) in [6.07, 6.45) is 1.46. The molecule has 1 amide bonds. The lowest BCUT2D eigenvalue weighted by Gasteiger charge is -2.12. The lowest BCUT2D eigenvalue weighted by molar-refractivity contribution is -0.119. The number of imidazole rings is 1. The molecular formula is C12H13BrN4O. The number of nitrogens with zero attached hydrogens (tertiary/aromatic N) is 2. The van der Waals surface area contributed by atoms with Crippen LogP contribution in [0.5, 0.6) is 0 Å². The minimum absolute atomic E-state index is 0.116. The number of carbonyl (C=O) groups excluding carboxylic acids is 1. The van der Waals surface area contributed by atoms with Crippen molar-refractivity contribution in [2.45, 2.75) is 25.4 Å². The molecule has 3 rings (SSSR count). The Morgan fingerprint density at radius 2 is 2.39 bits per heavy atom. The second-order valence-electron chi connectivity index (χ2n) is 4.52. The Balaban J connectivity index is 1.96. The molecule has 1 fully saturated rings. The molecule has 1 unspecified atom stereocenters. The molecule has 0 bridgehead atoms. The first-order valence-electron chi connectivity index (χ1n) is 5.84. The molecule has 0 radical (unpaired) electrons. The molecule has 1 aliphatic rings. The molecule has 1 atom stereocenters. The molecule has 0 saturated carbocycles. The predicted octanol–water partition coefficient (Wildman–Crippen LogP) is 1.66. The zero-order valence-electron chi connectivity index (χ0n) is 9.69. The van der Waals surface area contributed by atoms with E-state index in [-0.39, 0.29) is 11.9 Å². The van der Waals surface area contributed by atoms with Crippen molar-refractivity contribution >= 4 is 38.8 Å². The number of amides is 1. The first kappa shape index (κ1) is 11.5. The number of anilines is 1. The van der Waals surface area contributed by atoms with Gasteiger partial charge in [0.15, 0.2) is 0 Å². The van der Waals surface area contributed by atoms with Crippen molar-refractivity contribution < 1.29 is 4.79 Å². The van der Waals surface area contributed by atoms with Gasteiger partial charge in [0.1, 0.15) is 0 Å². The van der Waals surface area contributed by atoms with E-state index in [0.717, 1.165) is 21.9 Å². The molecule has 1 aliphatic heterocycles. The quantitative estimate of drug-likeness (QED) is 0.886. The van der Waals surface area contributed by atoms with Gasteiger partial charge in [-0.05, 0) is 24.6 Å². The molecule has 2 aromatic rings. The summed E-state index contributed by atoms with van der Waals surface area (Å²) < 4.78 is 2.94. The summed E-state index contributed by atoms with van der Waals surface area (Å²) in [5.74, 6) is 0.606. The van der Waals surface area contributed by atoms with Crippen LogP contribution in [0.2, 0.25) is 0 Å². The maximum absolute atomic E-state index is 11.2. The molecular weight excluding hydrogens is 296 g/mol. The Morgan fingerprint density at radius 3 is 3.11 bits per heavy atom. The summed E-state index contributed by atoms with van der Waals surface area (Å²) >= 11 is 3.42. The number of nitrogen functional groups attached to an aromatic ring is 1. The van der Waals surface area contributed by atoms with Crippen molar-refractivity contribution in [3.05, 3.63) is 22.7 Å². The first-order chi connectivity index (χ1) is 8.63. The van der Waals surface area contributed by atoms with Crippen LogP contribution in [0.25, 0.3) is 11.0 Å². The van der Waals surface area contributed by atoms with E-state index >= 15 is 0 Å². The molecule has 5 nitrogen and oxygen atoms in total. The van der Waals surface area contributed by atoms with E-state index in [0.29, 0.717) is 18.9 Å². The van der Waals surface area contributed by atoms with Crippen molar-refractivity contribution in [3.8, 4) is 0 Å². The Bertz CT molecular complexity index is 622. The minimum atomic E-state index is 0.116. The van der Waals surface area contributed by atoms with Crippen LogP contribution in [0.3, 0.4) is 0 Å². The Kier molecular flexibility index (Phi) is 2.74. The standard InChI is InChI=1S/C12H13BrN4O/c13-7-1-3-10-9(5-7)16-12(14)17(10)6-8-2-4-11(18)15-8/h1,3,5,8H,2,4,6H2,(H2,14,16)(H,15,18). The van der Waals surface area contributed by atoms with E-state index in [2.05, 4.69) is 26.2 Å². The average Bonchev–Trinajstić information content (AvgIpc) is 2.84. The maximum atomic E-state index is 11.2. The van der Waals surface area contributed by atoms with E-state index in [1.165, 1.54) is 0 Å². The second kappa shape index (κ2) is 4.28. The van der Waals surface area contributed by atoms with Crippen molar-refractivity contribution in [1.82, 2.24) is 14.9 Å². The Hall–Kier alpha value is -1.56. The molecule has 18 heavy (non-hydrogen) atoms. The Labute approximate surface area is 112 Å². The van der Waals surface area contributed by atoms with Crippen LogP contribution in [0.4, 0.5) is 5.95 Å². The number of fused-ring (bicyclic) bond motifs is 1. The van der Waals surface area contributed by atoms with E-state index in [9.17, 15) is 4.79 Å². The third-order valence-corrected chi connectivity index (χ3v) is 3.72.